The van der Waals surface area contributed by atoms with E-state index in [9.17, 15) is 4.39 Å². The fourth-order valence-corrected chi connectivity index (χ4v) is 1.86. The molecule has 0 unspecified atom stereocenters. The molecule has 1 nitrogen and oxygen atoms in total. The molecule has 78 valence electrons. The monoisotopic (exact) mass is 259 g/mol. The van der Waals surface area contributed by atoms with E-state index in [0.29, 0.717) is 0 Å². The Labute approximate surface area is 93.0 Å². The largest absolute Gasteiger partial charge is 0.309 e. The van der Waals surface area contributed by atoms with Gasteiger partial charge in [0.1, 0.15) is 5.82 Å². The minimum Gasteiger partial charge on any atom is -0.309 e. The molecule has 0 spiro atoms. The molecule has 0 aliphatic carbocycles. The van der Waals surface area contributed by atoms with Gasteiger partial charge in [-0.3, -0.25) is 0 Å². The van der Waals surface area contributed by atoms with Crippen LogP contribution in [-0.4, -0.2) is 25.5 Å². The van der Waals surface area contributed by atoms with Crippen molar-refractivity contribution in [2.75, 3.05) is 20.6 Å². The molecule has 0 aliphatic rings. The van der Waals surface area contributed by atoms with Crippen LogP contribution in [0.15, 0.2) is 22.7 Å². The van der Waals surface area contributed by atoms with E-state index in [1.807, 2.05) is 6.07 Å². The zero-order valence-electron chi connectivity index (χ0n) is 8.56. The number of rotatable bonds is 4. The zero-order chi connectivity index (χ0) is 10.6. The topological polar surface area (TPSA) is 3.24 Å². The molecule has 0 aliphatic heterocycles. The molecule has 0 bridgehead atoms. The minimum atomic E-state index is -0.187. The van der Waals surface area contributed by atoms with Crippen LogP contribution in [0.3, 0.4) is 0 Å². The first-order valence-corrected chi connectivity index (χ1v) is 5.47. The van der Waals surface area contributed by atoms with Crippen molar-refractivity contribution in [1.29, 1.82) is 0 Å². The van der Waals surface area contributed by atoms with Crippen LogP contribution in [0.1, 0.15) is 12.0 Å². The summed E-state index contributed by atoms with van der Waals surface area (Å²) in [5, 5.41) is 0. The molecule has 0 aromatic heterocycles. The molecule has 0 saturated carbocycles. The number of hydrogen-bond donors (Lipinski definition) is 0. The van der Waals surface area contributed by atoms with Crippen molar-refractivity contribution < 1.29 is 4.39 Å². The van der Waals surface area contributed by atoms with Crippen LogP contribution < -0.4 is 0 Å². The summed E-state index contributed by atoms with van der Waals surface area (Å²) in [6.07, 6.45) is 2.08. The molecule has 1 aromatic rings. The van der Waals surface area contributed by atoms with Gasteiger partial charge < -0.3 is 4.90 Å². The SMILES string of the molecule is CN(C)CCCc1ccc(F)cc1Br. The van der Waals surface area contributed by atoms with Gasteiger partial charge in [0.05, 0.1) is 0 Å². The Morgan fingerprint density at radius 1 is 1.36 bits per heavy atom. The number of aryl methyl sites for hydroxylation is 1. The summed E-state index contributed by atoms with van der Waals surface area (Å²) in [4.78, 5) is 2.15. The maximum Gasteiger partial charge on any atom is 0.124 e. The van der Waals surface area contributed by atoms with Crippen molar-refractivity contribution in [3.8, 4) is 0 Å². The number of benzene rings is 1. The molecule has 3 heteroatoms. The van der Waals surface area contributed by atoms with Crippen LogP contribution in [0, 0.1) is 5.82 Å². The summed E-state index contributed by atoms with van der Waals surface area (Å²) in [5.74, 6) is -0.187. The Balaban J connectivity index is 2.51. The van der Waals surface area contributed by atoms with Crippen LogP contribution in [0.5, 0.6) is 0 Å². The second-order valence-electron chi connectivity index (χ2n) is 3.64. The Morgan fingerprint density at radius 2 is 2.07 bits per heavy atom. The Kier molecular flexibility index (Phi) is 4.55. The molecule has 0 N–H and O–H groups in total. The van der Waals surface area contributed by atoms with Crippen LogP contribution in [0.25, 0.3) is 0 Å². The normalized spacial score (nSPS) is 10.9. The molecule has 0 fully saturated rings. The van der Waals surface area contributed by atoms with E-state index in [1.165, 1.54) is 17.7 Å². The fraction of sp³-hybridized carbons (Fsp3) is 0.455. The van der Waals surface area contributed by atoms with Gasteiger partial charge in [-0.1, -0.05) is 22.0 Å². The quantitative estimate of drug-likeness (QED) is 0.804. The van der Waals surface area contributed by atoms with Gasteiger partial charge in [0.25, 0.3) is 0 Å². The molecule has 1 rings (SSSR count). The number of nitrogens with zero attached hydrogens (tertiary/aromatic N) is 1. The van der Waals surface area contributed by atoms with E-state index in [4.69, 9.17) is 0 Å². The van der Waals surface area contributed by atoms with E-state index in [2.05, 4.69) is 34.9 Å². The number of halogens is 2. The third-order valence-corrected chi connectivity index (χ3v) is 2.80. The summed E-state index contributed by atoms with van der Waals surface area (Å²) in [6.45, 7) is 1.06. The summed E-state index contributed by atoms with van der Waals surface area (Å²) in [7, 11) is 4.11. The van der Waals surface area contributed by atoms with Gasteiger partial charge in [0.15, 0.2) is 0 Å². The van der Waals surface area contributed by atoms with Crippen LogP contribution >= 0.6 is 15.9 Å². The van der Waals surface area contributed by atoms with Crippen LogP contribution in [-0.2, 0) is 6.42 Å². The highest BCUT2D eigenvalue weighted by molar-refractivity contribution is 9.10. The molecular weight excluding hydrogens is 245 g/mol. The first-order valence-electron chi connectivity index (χ1n) is 4.68. The van der Waals surface area contributed by atoms with Crippen molar-refractivity contribution in [1.82, 2.24) is 4.90 Å². The van der Waals surface area contributed by atoms with E-state index in [0.717, 1.165) is 23.9 Å². The Hall–Kier alpha value is -0.410. The predicted molar refractivity (Wildman–Crippen MR) is 61.0 cm³/mol. The summed E-state index contributed by atoms with van der Waals surface area (Å²) >= 11 is 3.36. The van der Waals surface area contributed by atoms with Crippen LogP contribution in [0.4, 0.5) is 4.39 Å². The van der Waals surface area contributed by atoms with Gasteiger partial charge >= 0.3 is 0 Å². The molecular formula is C11H15BrFN. The lowest BCUT2D eigenvalue weighted by Gasteiger charge is -2.09. The van der Waals surface area contributed by atoms with E-state index < -0.39 is 0 Å². The van der Waals surface area contributed by atoms with Crippen molar-refractivity contribution in [3.05, 3.63) is 34.1 Å². The molecule has 0 radical (unpaired) electrons. The molecule has 0 amide bonds. The van der Waals surface area contributed by atoms with E-state index in [1.54, 1.807) is 0 Å². The lowest BCUT2D eigenvalue weighted by Crippen LogP contribution is -2.13. The average Bonchev–Trinajstić information content (AvgIpc) is 2.08. The van der Waals surface area contributed by atoms with E-state index in [-0.39, 0.29) is 5.82 Å². The minimum absolute atomic E-state index is 0.187. The molecule has 0 saturated heterocycles. The van der Waals surface area contributed by atoms with Gasteiger partial charge in [-0.05, 0) is 51.2 Å². The second kappa shape index (κ2) is 5.47. The van der Waals surface area contributed by atoms with Crippen LogP contribution in [0.2, 0.25) is 0 Å². The lowest BCUT2D eigenvalue weighted by atomic mass is 10.1. The zero-order valence-corrected chi connectivity index (χ0v) is 10.1. The maximum atomic E-state index is 12.8. The van der Waals surface area contributed by atoms with Gasteiger partial charge in [0, 0.05) is 4.47 Å². The smallest absolute Gasteiger partial charge is 0.124 e. The number of hydrogen-bond acceptors (Lipinski definition) is 1. The summed E-state index contributed by atoms with van der Waals surface area (Å²) in [5.41, 5.74) is 1.17. The molecule has 0 atom stereocenters. The van der Waals surface area contributed by atoms with Gasteiger partial charge in [-0.25, -0.2) is 4.39 Å². The van der Waals surface area contributed by atoms with Crippen molar-refractivity contribution in [2.24, 2.45) is 0 Å². The molecule has 14 heavy (non-hydrogen) atoms. The fourth-order valence-electron chi connectivity index (χ4n) is 1.31. The highest BCUT2D eigenvalue weighted by Gasteiger charge is 2.01. The first kappa shape index (κ1) is 11.7. The van der Waals surface area contributed by atoms with Gasteiger partial charge in [0.2, 0.25) is 0 Å². The Morgan fingerprint density at radius 3 is 2.64 bits per heavy atom. The van der Waals surface area contributed by atoms with Crippen molar-refractivity contribution in [2.45, 2.75) is 12.8 Å². The maximum absolute atomic E-state index is 12.8. The highest BCUT2D eigenvalue weighted by Crippen LogP contribution is 2.19. The molecule has 1 aromatic carbocycles. The standard InChI is InChI=1S/C11H15BrFN/c1-14(2)7-3-4-9-5-6-10(13)8-11(9)12/h5-6,8H,3-4,7H2,1-2H3. The third kappa shape index (κ3) is 3.76. The lowest BCUT2D eigenvalue weighted by molar-refractivity contribution is 0.400. The second-order valence-corrected chi connectivity index (χ2v) is 4.50. The third-order valence-electron chi connectivity index (χ3n) is 2.07. The Bertz CT molecular complexity index is 299. The van der Waals surface area contributed by atoms with Crippen molar-refractivity contribution in [3.63, 3.8) is 0 Å². The van der Waals surface area contributed by atoms with Gasteiger partial charge in [-0.2, -0.15) is 0 Å². The molecule has 0 heterocycles. The summed E-state index contributed by atoms with van der Waals surface area (Å²) in [6, 6.07) is 4.87. The first-order chi connectivity index (χ1) is 6.59. The van der Waals surface area contributed by atoms with Crippen molar-refractivity contribution >= 4 is 15.9 Å². The highest BCUT2D eigenvalue weighted by atomic mass is 79.9. The summed E-state index contributed by atoms with van der Waals surface area (Å²) < 4.78 is 13.6. The average molecular weight is 260 g/mol. The van der Waals surface area contributed by atoms with E-state index >= 15 is 0 Å². The van der Waals surface area contributed by atoms with Gasteiger partial charge in [-0.15, -0.1) is 0 Å². The predicted octanol–water partition coefficient (Wildman–Crippen LogP) is 3.08.